The molecule has 0 fully saturated rings. The standard InChI is InChI=1S/C15H25N5O3S/c1-9(2)24(22,23)12(17-5)10-11(16)20-8-15(3,4)7-18-14(20)19(6)13(10)21/h9,16-17H,7-8H2,1-6H3. The quantitative estimate of drug-likeness (QED) is 0.683. The summed E-state index contributed by atoms with van der Waals surface area (Å²) < 4.78 is 28.1. The summed E-state index contributed by atoms with van der Waals surface area (Å²) in [7, 11) is -0.730. The SMILES string of the molecule is CNC(=c1c(=O)n(C)c2n(c1=N)CC(C)(C)CN=2)S(=O)(=O)C(C)C. The fourth-order valence-corrected chi connectivity index (χ4v) is 3.95. The van der Waals surface area contributed by atoms with Gasteiger partial charge in [-0.2, -0.15) is 0 Å². The lowest BCUT2D eigenvalue weighted by Gasteiger charge is -2.28. The van der Waals surface area contributed by atoms with E-state index in [1.807, 2.05) is 13.8 Å². The maximum Gasteiger partial charge on any atom is 0.266 e. The molecule has 0 radical (unpaired) electrons. The van der Waals surface area contributed by atoms with Gasteiger partial charge in [-0.1, -0.05) is 13.8 Å². The van der Waals surface area contributed by atoms with E-state index in [1.54, 1.807) is 25.5 Å². The molecular formula is C15H25N5O3S. The first-order chi connectivity index (χ1) is 10.9. The van der Waals surface area contributed by atoms with E-state index in [4.69, 9.17) is 5.41 Å². The Morgan fingerprint density at radius 1 is 1.38 bits per heavy atom. The van der Waals surface area contributed by atoms with Crippen molar-refractivity contribution < 1.29 is 8.42 Å². The molecule has 8 nitrogen and oxygen atoms in total. The van der Waals surface area contributed by atoms with Crippen LogP contribution < -0.4 is 27.2 Å². The van der Waals surface area contributed by atoms with Crippen LogP contribution in [0, 0.1) is 10.8 Å². The van der Waals surface area contributed by atoms with Gasteiger partial charge in [-0.05, 0) is 13.8 Å². The molecule has 134 valence electrons. The third kappa shape index (κ3) is 2.81. The molecule has 2 N–H and O–H groups in total. The smallest absolute Gasteiger partial charge is 0.266 e. The van der Waals surface area contributed by atoms with Gasteiger partial charge < -0.3 is 5.32 Å². The molecule has 2 heterocycles. The highest BCUT2D eigenvalue weighted by Crippen LogP contribution is 2.18. The minimum absolute atomic E-state index is 0.127. The molecule has 0 spiro atoms. The van der Waals surface area contributed by atoms with Crippen LogP contribution in [0.1, 0.15) is 27.7 Å². The average Bonchev–Trinajstić information content (AvgIpc) is 2.48. The molecule has 1 aromatic heterocycles. The Hall–Kier alpha value is -1.90. The van der Waals surface area contributed by atoms with Gasteiger partial charge in [0.25, 0.3) is 5.56 Å². The van der Waals surface area contributed by atoms with Crippen molar-refractivity contribution in [1.82, 2.24) is 14.5 Å². The predicted molar refractivity (Wildman–Crippen MR) is 91.5 cm³/mol. The van der Waals surface area contributed by atoms with E-state index in [1.165, 1.54) is 11.6 Å². The van der Waals surface area contributed by atoms with Crippen LogP contribution in [0.5, 0.6) is 0 Å². The van der Waals surface area contributed by atoms with Gasteiger partial charge in [0.15, 0.2) is 9.84 Å². The molecule has 2 rings (SSSR count). The van der Waals surface area contributed by atoms with Crippen LogP contribution in [0.25, 0.3) is 5.03 Å². The summed E-state index contributed by atoms with van der Waals surface area (Å²) in [4.78, 5) is 17.2. The first-order valence-electron chi connectivity index (χ1n) is 7.79. The number of nitrogens with zero attached hydrogens (tertiary/aromatic N) is 3. The zero-order chi connectivity index (χ0) is 18.4. The van der Waals surface area contributed by atoms with Gasteiger partial charge in [0.2, 0.25) is 5.62 Å². The van der Waals surface area contributed by atoms with Crippen molar-refractivity contribution in [3.05, 3.63) is 26.7 Å². The van der Waals surface area contributed by atoms with E-state index in [2.05, 4.69) is 10.3 Å². The molecule has 0 saturated heterocycles. The fourth-order valence-electron chi connectivity index (χ4n) is 2.73. The first kappa shape index (κ1) is 18.4. The monoisotopic (exact) mass is 355 g/mol. The number of aromatic nitrogens is 2. The number of hydrogen-bond acceptors (Lipinski definition) is 6. The second-order valence-electron chi connectivity index (χ2n) is 7.13. The van der Waals surface area contributed by atoms with Crippen molar-refractivity contribution in [3.8, 4) is 0 Å². The predicted octanol–water partition coefficient (Wildman–Crippen LogP) is -1.57. The van der Waals surface area contributed by atoms with Gasteiger partial charge in [-0.15, -0.1) is 0 Å². The highest BCUT2D eigenvalue weighted by Gasteiger charge is 2.28. The molecule has 0 aromatic carbocycles. The minimum atomic E-state index is -3.73. The molecule has 0 saturated carbocycles. The first-order valence-corrected chi connectivity index (χ1v) is 9.33. The molecule has 1 aliphatic rings. The van der Waals surface area contributed by atoms with Crippen molar-refractivity contribution in [2.75, 3.05) is 13.6 Å². The maximum absolute atomic E-state index is 12.7. The van der Waals surface area contributed by atoms with Crippen LogP contribution in [0.3, 0.4) is 0 Å². The van der Waals surface area contributed by atoms with Crippen molar-refractivity contribution >= 4 is 14.9 Å². The molecule has 0 amide bonds. The lowest BCUT2D eigenvalue weighted by Crippen LogP contribution is -2.62. The Morgan fingerprint density at radius 3 is 2.46 bits per heavy atom. The second kappa shape index (κ2) is 5.87. The number of nitrogens with one attached hydrogen (secondary N) is 2. The molecule has 0 atom stereocenters. The Labute approximate surface area is 141 Å². The van der Waals surface area contributed by atoms with E-state index < -0.39 is 20.6 Å². The maximum atomic E-state index is 12.7. The van der Waals surface area contributed by atoms with Crippen molar-refractivity contribution in [3.63, 3.8) is 0 Å². The zero-order valence-corrected chi connectivity index (χ0v) is 15.8. The Kier molecular flexibility index (Phi) is 4.51. The van der Waals surface area contributed by atoms with Gasteiger partial charge in [0, 0.05) is 32.6 Å². The van der Waals surface area contributed by atoms with Crippen LogP contribution in [-0.4, -0.2) is 36.4 Å². The average molecular weight is 355 g/mol. The van der Waals surface area contributed by atoms with Crippen molar-refractivity contribution in [2.45, 2.75) is 39.5 Å². The molecule has 0 unspecified atom stereocenters. The summed E-state index contributed by atoms with van der Waals surface area (Å²) in [5.74, 6) is 0. The molecule has 24 heavy (non-hydrogen) atoms. The topological polar surface area (TPSA) is 109 Å². The fraction of sp³-hybridized carbons (Fsp3) is 0.667. The van der Waals surface area contributed by atoms with Gasteiger partial charge in [-0.3, -0.25) is 24.3 Å². The van der Waals surface area contributed by atoms with Crippen LogP contribution >= 0.6 is 0 Å². The highest BCUT2D eigenvalue weighted by atomic mass is 32.2. The largest absolute Gasteiger partial charge is 0.378 e. The van der Waals surface area contributed by atoms with E-state index in [0.717, 1.165) is 0 Å². The number of rotatable bonds is 3. The van der Waals surface area contributed by atoms with Gasteiger partial charge >= 0.3 is 0 Å². The summed E-state index contributed by atoms with van der Waals surface area (Å²) in [6.07, 6.45) is 0. The molecule has 0 bridgehead atoms. The van der Waals surface area contributed by atoms with Gasteiger partial charge in [0.05, 0.1) is 5.25 Å². The molecule has 0 aliphatic carbocycles. The van der Waals surface area contributed by atoms with Crippen LogP contribution in [0.2, 0.25) is 0 Å². The highest BCUT2D eigenvalue weighted by molar-refractivity contribution is 8.00. The van der Waals surface area contributed by atoms with E-state index in [-0.39, 0.29) is 21.2 Å². The lowest BCUT2D eigenvalue weighted by molar-refractivity contribution is 0.267. The Balaban J connectivity index is 3.10. The van der Waals surface area contributed by atoms with Gasteiger partial charge in [0.1, 0.15) is 15.7 Å². The third-order valence-electron chi connectivity index (χ3n) is 4.16. The summed E-state index contributed by atoms with van der Waals surface area (Å²) in [6, 6.07) is 0. The van der Waals surface area contributed by atoms with E-state index >= 15 is 0 Å². The number of fused-ring (bicyclic) bond motifs is 1. The van der Waals surface area contributed by atoms with Crippen LogP contribution in [0.4, 0.5) is 0 Å². The summed E-state index contributed by atoms with van der Waals surface area (Å²) in [6.45, 7) is 8.17. The Morgan fingerprint density at radius 2 is 1.96 bits per heavy atom. The summed E-state index contributed by atoms with van der Waals surface area (Å²) >= 11 is 0. The van der Waals surface area contributed by atoms with Crippen LogP contribution in [-0.2, 0) is 23.4 Å². The number of sulfone groups is 1. The van der Waals surface area contributed by atoms with E-state index in [9.17, 15) is 13.2 Å². The molecule has 1 aromatic rings. The molecular weight excluding hydrogens is 330 g/mol. The zero-order valence-electron chi connectivity index (χ0n) is 15.0. The number of hydrogen-bond donors (Lipinski definition) is 2. The lowest BCUT2D eigenvalue weighted by atomic mass is 9.93. The third-order valence-corrected chi connectivity index (χ3v) is 6.38. The molecule has 9 heteroatoms. The summed E-state index contributed by atoms with van der Waals surface area (Å²) in [5.41, 5.74) is -0.439. The van der Waals surface area contributed by atoms with E-state index in [0.29, 0.717) is 18.7 Å². The van der Waals surface area contributed by atoms with Crippen LogP contribution in [0.15, 0.2) is 9.79 Å². The minimum Gasteiger partial charge on any atom is -0.378 e. The summed E-state index contributed by atoms with van der Waals surface area (Å²) in [5, 5.41) is 10.0. The Bertz CT molecular complexity index is 1010. The van der Waals surface area contributed by atoms with Gasteiger partial charge in [-0.25, -0.2) is 8.42 Å². The van der Waals surface area contributed by atoms with Crippen molar-refractivity contribution in [1.29, 1.82) is 5.41 Å². The van der Waals surface area contributed by atoms with Crippen molar-refractivity contribution in [2.24, 2.45) is 17.5 Å². The normalized spacial score (nSPS) is 18.0. The second-order valence-corrected chi connectivity index (χ2v) is 9.57. The molecule has 1 aliphatic heterocycles.